The van der Waals surface area contributed by atoms with Crippen molar-refractivity contribution >= 4 is 0 Å². The van der Waals surface area contributed by atoms with E-state index in [9.17, 15) is 0 Å². The molecule has 10 heavy (non-hydrogen) atoms. The zero-order valence-corrected chi connectivity index (χ0v) is 5.33. The lowest BCUT2D eigenvalue weighted by Crippen LogP contribution is -2.14. The summed E-state index contributed by atoms with van der Waals surface area (Å²) < 4.78 is 24.7. The van der Waals surface area contributed by atoms with E-state index in [0.29, 0.717) is 11.5 Å². The predicted octanol–water partition coefficient (Wildman–Crippen LogP) is 1.46. The van der Waals surface area contributed by atoms with Gasteiger partial charge in [-0.05, 0) is 12.1 Å². The Balaban J connectivity index is 2.35. The molecular formula is C8H8O2. The van der Waals surface area contributed by atoms with Gasteiger partial charge in [-0.25, -0.2) is 0 Å². The lowest BCUT2D eigenvalue weighted by molar-refractivity contribution is 0.171. The highest BCUT2D eigenvalue weighted by Crippen LogP contribution is 2.28. The molecule has 1 aromatic carbocycles. The van der Waals surface area contributed by atoms with Gasteiger partial charge in [0.2, 0.25) is 0 Å². The maximum atomic E-state index is 7.28. The molecule has 0 unspecified atom stereocenters. The molecule has 0 fully saturated rings. The summed E-state index contributed by atoms with van der Waals surface area (Å²) in [6.07, 6.45) is 0. The van der Waals surface area contributed by atoms with Crippen LogP contribution >= 0.6 is 0 Å². The van der Waals surface area contributed by atoms with Gasteiger partial charge >= 0.3 is 0 Å². The van der Waals surface area contributed by atoms with Gasteiger partial charge in [0.15, 0.2) is 11.5 Å². The first-order valence-electron chi connectivity index (χ1n) is 4.08. The van der Waals surface area contributed by atoms with Gasteiger partial charge in [-0.1, -0.05) is 12.1 Å². The van der Waals surface area contributed by atoms with E-state index < -0.39 is 6.56 Å². The van der Waals surface area contributed by atoms with Crippen LogP contribution in [0.25, 0.3) is 0 Å². The number of para-hydroxylation sites is 2. The van der Waals surface area contributed by atoms with E-state index in [-0.39, 0.29) is 6.61 Å². The maximum Gasteiger partial charge on any atom is 0.161 e. The number of hydrogen-bond donors (Lipinski definition) is 0. The van der Waals surface area contributed by atoms with E-state index in [1.165, 1.54) is 0 Å². The van der Waals surface area contributed by atoms with E-state index in [4.69, 9.17) is 12.2 Å². The zero-order chi connectivity index (χ0) is 8.60. The Morgan fingerprint density at radius 3 is 2.70 bits per heavy atom. The van der Waals surface area contributed by atoms with E-state index in [1.54, 1.807) is 18.2 Å². The van der Waals surface area contributed by atoms with E-state index in [2.05, 4.69) is 0 Å². The Bertz CT molecular complexity index is 299. The van der Waals surface area contributed by atoms with E-state index >= 15 is 0 Å². The normalized spacial score (nSPS) is 22.8. The summed E-state index contributed by atoms with van der Waals surface area (Å²) >= 11 is 0. The molecule has 2 heteroatoms. The highest BCUT2D eigenvalue weighted by Gasteiger charge is 2.07. The topological polar surface area (TPSA) is 18.5 Å². The molecule has 0 saturated carbocycles. The van der Waals surface area contributed by atoms with Gasteiger partial charge in [-0.15, -0.1) is 0 Å². The van der Waals surface area contributed by atoms with Crippen LogP contribution in [0.1, 0.15) is 2.74 Å². The van der Waals surface area contributed by atoms with Crippen molar-refractivity contribution in [3.8, 4) is 11.5 Å². The van der Waals surface area contributed by atoms with Crippen molar-refractivity contribution in [3.05, 3.63) is 24.3 Å². The van der Waals surface area contributed by atoms with Gasteiger partial charge in [-0.3, -0.25) is 0 Å². The van der Waals surface area contributed by atoms with Crippen LogP contribution in [-0.2, 0) is 0 Å². The van der Waals surface area contributed by atoms with Crippen molar-refractivity contribution in [1.82, 2.24) is 0 Å². The van der Waals surface area contributed by atoms with Crippen LogP contribution in [0.5, 0.6) is 11.5 Å². The van der Waals surface area contributed by atoms with Crippen LogP contribution < -0.4 is 9.47 Å². The molecule has 2 nitrogen and oxygen atoms in total. The fraction of sp³-hybridized carbons (Fsp3) is 0.250. The second-order valence-corrected chi connectivity index (χ2v) is 1.98. The maximum absolute atomic E-state index is 7.28. The molecule has 1 aliphatic rings. The minimum atomic E-state index is -1.70. The van der Waals surface area contributed by atoms with Crippen molar-refractivity contribution in [1.29, 1.82) is 0 Å². The largest absolute Gasteiger partial charge is 0.486 e. The van der Waals surface area contributed by atoms with Gasteiger partial charge in [0.1, 0.15) is 13.2 Å². The average molecular weight is 138 g/mol. The van der Waals surface area contributed by atoms with Gasteiger partial charge < -0.3 is 9.47 Å². The molecule has 0 amide bonds. The molecule has 1 aliphatic heterocycles. The molecule has 0 radical (unpaired) electrons. The Morgan fingerprint density at radius 2 is 1.90 bits per heavy atom. The van der Waals surface area contributed by atoms with Crippen LogP contribution in [-0.4, -0.2) is 13.2 Å². The summed E-state index contributed by atoms with van der Waals surface area (Å²) in [5.41, 5.74) is 0. The van der Waals surface area contributed by atoms with Crippen molar-refractivity contribution in [2.75, 3.05) is 13.2 Å². The molecule has 0 spiro atoms. The third kappa shape index (κ3) is 0.817. The van der Waals surface area contributed by atoms with Crippen LogP contribution in [0.15, 0.2) is 24.3 Å². The number of ether oxygens (including phenoxy) is 2. The number of fused-ring (bicyclic) bond motifs is 1. The van der Waals surface area contributed by atoms with Crippen LogP contribution in [0.3, 0.4) is 0 Å². The summed E-state index contributed by atoms with van der Waals surface area (Å²) in [6.45, 7) is -1.75. The molecule has 0 bridgehead atoms. The summed E-state index contributed by atoms with van der Waals surface area (Å²) in [6, 6.07) is 7.05. The molecule has 1 heterocycles. The van der Waals surface area contributed by atoms with Crippen LogP contribution in [0.2, 0.25) is 0 Å². The second kappa shape index (κ2) is 2.21. The summed E-state index contributed by atoms with van der Waals surface area (Å²) in [5.74, 6) is 1.07. The molecule has 0 N–H and O–H groups in total. The highest BCUT2D eigenvalue weighted by molar-refractivity contribution is 5.40. The van der Waals surface area contributed by atoms with Crippen molar-refractivity contribution in [3.63, 3.8) is 0 Å². The van der Waals surface area contributed by atoms with Crippen molar-refractivity contribution in [2.24, 2.45) is 0 Å². The predicted molar refractivity (Wildman–Crippen MR) is 37.4 cm³/mol. The standard InChI is InChI=1S/C8H8O2/c1-2-4-8-7(3-1)9-5-6-10-8/h1-4H,5-6H2/i5D2. The summed E-state index contributed by atoms with van der Waals surface area (Å²) in [4.78, 5) is 0. The average Bonchev–Trinajstić information content (AvgIpc) is 2.02. The first-order valence-corrected chi connectivity index (χ1v) is 3.08. The number of benzene rings is 1. The minimum Gasteiger partial charge on any atom is -0.486 e. The molecule has 52 valence electrons. The molecule has 0 aliphatic carbocycles. The SMILES string of the molecule is [2H]C1([2H])COc2ccccc2O1. The minimum absolute atomic E-state index is 0.0516. The van der Waals surface area contributed by atoms with E-state index in [1.807, 2.05) is 6.07 Å². The smallest absolute Gasteiger partial charge is 0.161 e. The summed E-state index contributed by atoms with van der Waals surface area (Å²) in [7, 11) is 0. The first kappa shape index (κ1) is 3.86. The molecule has 0 aromatic heterocycles. The Kier molecular flexibility index (Phi) is 0.854. The summed E-state index contributed by atoms with van der Waals surface area (Å²) in [5, 5.41) is 0. The highest BCUT2D eigenvalue weighted by atomic mass is 16.6. The fourth-order valence-electron chi connectivity index (χ4n) is 0.868. The lowest BCUT2D eigenvalue weighted by atomic mass is 10.3. The Hall–Kier alpha value is -1.18. The van der Waals surface area contributed by atoms with Gasteiger partial charge in [0.05, 0.1) is 2.74 Å². The molecule has 2 rings (SSSR count). The Morgan fingerprint density at radius 1 is 1.20 bits per heavy atom. The zero-order valence-electron chi connectivity index (χ0n) is 7.33. The van der Waals surface area contributed by atoms with E-state index in [0.717, 1.165) is 0 Å². The van der Waals surface area contributed by atoms with Crippen LogP contribution in [0.4, 0.5) is 0 Å². The number of rotatable bonds is 0. The van der Waals surface area contributed by atoms with Gasteiger partial charge in [-0.2, -0.15) is 0 Å². The van der Waals surface area contributed by atoms with Crippen LogP contribution in [0, 0.1) is 0 Å². The van der Waals surface area contributed by atoms with Crippen molar-refractivity contribution in [2.45, 2.75) is 0 Å². The second-order valence-electron chi connectivity index (χ2n) is 1.98. The quantitative estimate of drug-likeness (QED) is 0.540. The first-order chi connectivity index (χ1) is 5.67. The molecular weight excluding hydrogens is 128 g/mol. The molecule has 0 atom stereocenters. The van der Waals surface area contributed by atoms with Gasteiger partial charge in [0, 0.05) is 0 Å². The Labute approximate surface area is 62.2 Å². The molecule has 0 saturated heterocycles. The third-order valence-corrected chi connectivity index (χ3v) is 1.32. The lowest BCUT2D eigenvalue weighted by Gasteiger charge is -2.17. The fourth-order valence-corrected chi connectivity index (χ4v) is 0.868. The number of hydrogen-bond acceptors (Lipinski definition) is 2. The van der Waals surface area contributed by atoms with Crippen molar-refractivity contribution < 1.29 is 12.2 Å². The third-order valence-electron chi connectivity index (χ3n) is 1.32. The molecule has 1 aromatic rings. The van der Waals surface area contributed by atoms with Gasteiger partial charge in [0.25, 0.3) is 0 Å². The monoisotopic (exact) mass is 138 g/mol.